The van der Waals surface area contributed by atoms with Gasteiger partial charge in [-0.2, -0.15) is 0 Å². The van der Waals surface area contributed by atoms with Crippen LogP contribution in [0.5, 0.6) is 0 Å². The molecular weight excluding hydrogens is 292 g/mol. The molecule has 0 saturated carbocycles. The summed E-state index contributed by atoms with van der Waals surface area (Å²) in [5.41, 5.74) is 7.81. The first-order valence-electron chi connectivity index (χ1n) is 5.97. The monoisotopic (exact) mass is 308 g/mol. The average molecular weight is 309 g/mol. The van der Waals surface area contributed by atoms with Crippen molar-refractivity contribution < 1.29 is 4.52 Å². The third-order valence-electron chi connectivity index (χ3n) is 3.33. The molecule has 0 amide bonds. The Balaban J connectivity index is 2.61. The van der Waals surface area contributed by atoms with Crippen molar-refractivity contribution in [2.75, 3.05) is 5.73 Å². The predicted molar refractivity (Wildman–Crippen MR) is 77.4 cm³/mol. The highest BCUT2D eigenvalue weighted by atomic mass is 79.9. The first-order valence-corrected chi connectivity index (χ1v) is 6.76. The van der Waals surface area contributed by atoms with Gasteiger partial charge in [0, 0.05) is 9.89 Å². The van der Waals surface area contributed by atoms with Gasteiger partial charge in [-0.05, 0) is 24.1 Å². The molecule has 0 aliphatic heterocycles. The number of nitrogens with two attached hydrogens (primary N) is 1. The Bertz CT molecular complexity index is 561. The maximum absolute atomic E-state index is 5.95. The van der Waals surface area contributed by atoms with Gasteiger partial charge < -0.3 is 10.3 Å². The molecule has 1 aromatic carbocycles. The summed E-state index contributed by atoms with van der Waals surface area (Å²) in [5.74, 6) is 1.30. The van der Waals surface area contributed by atoms with Crippen LogP contribution in [-0.4, -0.2) is 5.16 Å². The Kier molecular flexibility index (Phi) is 3.48. The molecule has 3 nitrogen and oxygen atoms in total. The smallest absolute Gasteiger partial charge is 0.175 e. The van der Waals surface area contributed by atoms with Crippen molar-refractivity contribution in [1.82, 2.24) is 5.16 Å². The van der Waals surface area contributed by atoms with Gasteiger partial charge in [0.1, 0.15) is 0 Å². The number of hydrogen-bond acceptors (Lipinski definition) is 3. The number of benzene rings is 1. The van der Waals surface area contributed by atoms with Gasteiger partial charge in [-0.1, -0.05) is 54.0 Å². The van der Waals surface area contributed by atoms with Gasteiger partial charge in [0.05, 0.1) is 5.56 Å². The zero-order valence-electron chi connectivity index (χ0n) is 10.8. The molecule has 4 heteroatoms. The van der Waals surface area contributed by atoms with E-state index in [2.05, 4.69) is 41.9 Å². The molecule has 18 heavy (non-hydrogen) atoms. The number of anilines is 1. The highest BCUT2D eigenvalue weighted by Gasteiger charge is 2.29. The fourth-order valence-corrected chi connectivity index (χ4v) is 2.25. The lowest BCUT2D eigenvalue weighted by Crippen LogP contribution is -2.15. The molecule has 0 saturated heterocycles. The second-order valence-electron chi connectivity index (χ2n) is 5.02. The summed E-state index contributed by atoms with van der Waals surface area (Å²) in [4.78, 5) is 0. The van der Waals surface area contributed by atoms with Crippen LogP contribution in [0.1, 0.15) is 33.0 Å². The molecule has 2 rings (SSSR count). The van der Waals surface area contributed by atoms with E-state index in [-0.39, 0.29) is 5.41 Å². The summed E-state index contributed by atoms with van der Waals surface area (Å²) >= 11 is 3.47. The van der Waals surface area contributed by atoms with Crippen molar-refractivity contribution in [3.8, 4) is 11.1 Å². The Morgan fingerprint density at radius 2 is 2.11 bits per heavy atom. The van der Waals surface area contributed by atoms with Crippen LogP contribution in [0.25, 0.3) is 11.1 Å². The summed E-state index contributed by atoms with van der Waals surface area (Å²) in [6.45, 7) is 6.40. The molecule has 0 bridgehead atoms. The third-order valence-corrected chi connectivity index (χ3v) is 3.82. The molecule has 1 heterocycles. The SMILES string of the molecule is CCC(C)(C)c1onc(N)c1-c1cccc(Br)c1. The Labute approximate surface area is 115 Å². The minimum Gasteiger partial charge on any atom is -0.380 e. The van der Waals surface area contributed by atoms with Crippen LogP contribution in [0.15, 0.2) is 33.3 Å². The lowest BCUT2D eigenvalue weighted by atomic mass is 9.83. The largest absolute Gasteiger partial charge is 0.380 e. The van der Waals surface area contributed by atoms with Crippen molar-refractivity contribution in [2.45, 2.75) is 32.6 Å². The molecule has 2 aromatic rings. The van der Waals surface area contributed by atoms with E-state index >= 15 is 0 Å². The summed E-state index contributed by atoms with van der Waals surface area (Å²) in [7, 11) is 0. The van der Waals surface area contributed by atoms with E-state index in [1.54, 1.807) is 0 Å². The van der Waals surface area contributed by atoms with Gasteiger partial charge in [0.25, 0.3) is 0 Å². The standard InChI is InChI=1S/C14H17BrN2O/c1-4-14(2,3)12-11(13(16)17-18-12)9-6-5-7-10(15)8-9/h5-8H,4H2,1-3H3,(H2,16,17). The topological polar surface area (TPSA) is 52.0 Å². The quantitative estimate of drug-likeness (QED) is 0.915. The average Bonchev–Trinajstić information content (AvgIpc) is 2.72. The van der Waals surface area contributed by atoms with E-state index in [0.717, 1.165) is 27.8 Å². The lowest BCUT2D eigenvalue weighted by Gasteiger charge is -2.20. The van der Waals surface area contributed by atoms with E-state index in [0.29, 0.717) is 5.82 Å². The van der Waals surface area contributed by atoms with E-state index in [1.807, 2.05) is 24.3 Å². The zero-order chi connectivity index (χ0) is 13.3. The van der Waals surface area contributed by atoms with Crippen LogP contribution >= 0.6 is 15.9 Å². The number of halogens is 1. The van der Waals surface area contributed by atoms with Gasteiger partial charge in [0.15, 0.2) is 11.6 Å². The van der Waals surface area contributed by atoms with E-state index < -0.39 is 0 Å². The molecule has 0 unspecified atom stereocenters. The Hall–Kier alpha value is -1.29. The van der Waals surface area contributed by atoms with Gasteiger partial charge in [-0.15, -0.1) is 0 Å². The van der Waals surface area contributed by atoms with E-state index in [1.165, 1.54) is 0 Å². The molecule has 0 atom stereocenters. The van der Waals surface area contributed by atoms with Crippen LogP contribution in [0.3, 0.4) is 0 Å². The van der Waals surface area contributed by atoms with Crippen molar-refractivity contribution in [1.29, 1.82) is 0 Å². The fourth-order valence-electron chi connectivity index (χ4n) is 1.85. The minimum absolute atomic E-state index is 0.0811. The Morgan fingerprint density at radius 1 is 1.39 bits per heavy atom. The molecule has 0 aliphatic rings. The number of nitrogens with zero attached hydrogens (tertiary/aromatic N) is 1. The number of aromatic nitrogens is 1. The highest BCUT2D eigenvalue weighted by Crippen LogP contribution is 2.39. The van der Waals surface area contributed by atoms with Crippen LogP contribution in [0.4, 0.5) is 5.82 Å². The summed E-state index contributed by atoms with van der Waals surface area (Å²) in [5, 5.41) is 3.92. The fraction of sp³-hybridized carbons (Fsp3) is 0.357. The van der Waals surface area contributed by atoms with Crippen LogP contribution < -0.4 is 5.73 Å². The highest BCUT2D eigenvalue weighted by molar-refractivity contribution is 9.10. The molecule has 0 aliphatic carbocycles. The first-order chi connectivity index (χ1) is 8.45. The van der Waals surface area contributed by atoms with E-state index in [4.69, 9.17) is 10.3 Å². The Morgan fingerprint density at radius 3 is 2.72 bits per heavy atom. The third kappa shape index (κ3) is 2.29. The second kappa shape index (κ2) is 4.76. The maximum atomic E-state index is 5.95. The predicted octanol–water partition coefficient (Wildman–Crippen LogP) is 4.37. The summed E-state index contributed by atoms with van der Waals surface area (Å²) in [6, 6.07) is 8.01. The van der Waals surface area contributed by atoms with Crippen LogP contribution in [0, 0.1) is 0 Å². The molecule has 1 aromatic heterocycles. The van der Waals surface area contributed by atoms with Crippen LogP contribution in [-0.2, 0) is 5.41 Å². The molecule has 2 N–H and O–H groups in total. The van der Waals surface area contributed by atoms with Crippen molar-refractivity contribution >= 4 is 21.7 Å². The van der Waals surface area contributed by atoms with Gasteiger partial charge in [-0.3, -0.25) is 0 Å². The summed E-state index contributed by atoms with van der Waals surface area (Å²) < 4.78 is 6.47. The van der Waals surface area contributed by atoms with Crippen LogP contribution in [0.2, 0.25) is 0 Å². The van der Waals surface area contributed by atoms with Crippen molar-refractivity contribution in [3.63, 3.8) is 0 Å². The number of hydrogen-bond donors (Lipinski definition) is 1. The van der Waals surface area contributed by atoms with Gasteiger partial charge >= 0.3 is 0 Å². The number of rotatable bonds is 3. The minimum atomic E-state index is -0.0811. The lowest BCUT2D eigenvalue weighted by molar-refractivity contribution is 0.313. The van der Waals surface area contributed by atoms with Crippen molar-refractivity contribution in [2.24, 2.45) is 0 Å². The molecule has 0 fully saturated rings. The van der Waals surface area contributed by atoms with Crippen molar-refractivity contribution in [3.05, 3.63) is 34.5 Å². The zero-order valence-corrected chi connectivity index (χ0v) is 12.4. The van der Waals surface area contributed by atoms with E-state index in [9.17, 15) is 0 Å². The number of nitrogen functional groups attached to an aromatic ring is 1. The normalized spacial score (nSPS) is 11.8. The first kappa shape index (κ1) is 13.1. The van der Waals surface area contributed by atoms with Gasteiger partial charge in [-0.25, -0.2) is 0 Å². The second-order valence-corrected chi connectivity index (χ2v) is 5.94. The van der Waals surface area contributed by atoms with Gasteiger partial charge in [0.2, 0.25) is 0 Å². The molecule has 0 radical (unpaired) electrons. The molecule has 0 spiro atoms. The molecule has 96 valence electrons. The maximum Gasteiger partial charge on any atom is 0.175 e. The molecular formula is C14H17BrN2O. The summed E-state index contributed by atoms with van der Waals surface area (Å²) in [6.07, 6.45) is 0.961.